The number of nitrogens with two attached hydrogens (primary N) is 1. The summed E-state index contributed by atoms with van der Waals surface area (Å²) in [6, 6.07) is 0. The first-order chi connectivity index (χ1) is 9.22. The van der Waals surface area contributed by atoms with Crippen LogP contribution in [0.5, 0.6) is 0 Å². The largest absolute Gasteiger partial charge is 0.329 e. The number of nitrogens with zero attached hydrogens (tertiary/aromatic N) is 1. The van der Waals surface area contributed by atoms with Gasteiger partial charge in [0.15, 0.2) is 0 Å². The molecular weight excluding hydrogens is 244 g/mol. The Morgan fingerprint density at radius 2 is 1.55 bits per heavy atom. The summed E-state index contributed by atoms with van der Waals surface area (Å²) < 4.78 is 0. The molecule has 0 spiro atoms. The predicted octanol–water partition coefficient (Wildman–Crippen LogP) is 4.04. The first-order valence-corrected chi connectivity index (χ1v) is 8.67. The van der Waals surface area contributed by atoms with Crippen LogP contribution in [0, 0.1) is 16.7 Å². The van der Waals surface area contributed by atoms with Gasteiger partial charge >= 0.3 is 0 Å². The molecule has 2 saturated carbocycles. The summed E-state index contributed by atoms with van der Waals surface area (Å²) in [5.41, 5.74) is 7.43. The smallest absolute Gasteiger partial charge is 0.0342 e. The molecule has 2 aliphatic carbocycles. The Bertz CT molecular complexity index is 312. The van der Waals surface area contributed by atoms with E-state index in [9.17, 15) is 0 Å². The lowest BCUT2D eigenvalue weighted by Gasteiger charge is -2.56. The van der Waals surface area contributed by atoms with Crippen LogP contribution in [-0.4, -0.2) is 30.1 Å². The summed E-state index contributed by atoms with van der Waals surface area (Å²) in [5.74, 6) is 0.957. The minimum absolute atomic E-state index is 0.240. The minimum Gasteiger partial charge on any atom is -0.329 e. The highest BCUT2D eigenvalue weighted by molar-refractivity contribution is 5.05. The predicted molar refractivity (Wildman–Crippen MR) is 87.8 cm³/mol. The normalized spacial score (nSPS) is 27.8. The van der Waals surface area contributed by atoms with Crippen LogP contribution < -0.4 is 5.73 Å². The summed E-state index contributed by atoms with van der Waals surface area (Å²) in [6.07, 6.45) is 7.99. The molecule has 0 radical (unpaired) electrons. The van der Waals surface area contributed by atoms with E-state index in [2.05, 4.69) is 39.5 Å². The van der Waals surface area contributed by atoms with Crippen molar-refractivity contribution in [1.29, 1.82) is 0 Å². The minimum atomic E-state index is 0.240. The highest BCUT2D eigenvalue weighted by Crippen LogP contribution is 2.52. The van der Waals surface area contributed by atoms with Gasteiger partial charge in [-0.05, 0) is 61.8 Å². The third kappa shape index (κ3) is 3.76. The molecule has 0 heterocycles. The Balaban J connectivity index is 2.23. The van der Waals surface area contributed by atoms with E-state index in [-0.39, 0.29) is 5.54 Å². The van der Waals surface area contributed by atoms with Gasteiger partial charge in [-0.3, -0.25) is 4.90 Å². The van der Waals surface area contributed by atoms with Gasteiger partial charge in [0, 0.05) is 18.6 Å². The molecule has 2 heteroatoms. The summed E-state index contributed by atoms with van der Waals surface area (Å²) in [7, 11) is 0. The molecule has 2 N–H and O–H groups in total. The molecule has 2 nitrogen and oxygen atoms in total. The molecule has 0 aromatic carbocycles. The zero-order chi connectivity index (χ0) is 15.0. The number of hydrogen-bond donors (Lipinski definition) is 1. The van der Waals surface area contributed by atoms with E-state index >= 15 is 0 Å². The molecule has 2 aliphatic rings. The first-order valence-electron chi connectivity index (χ1n) is 8.67. The van der Waals surface area contributed by atoms with Crippen molar-refractivity contribution in [1.82, 2.24) is 4.90 Å². The van der Waals surface area contributed by atoms with Crippen LogP contribution >= 0.6 is 0 Å². The summed E-state index contributed by atoms with van der Waals surface area (Å²) >= 11 is 0. The van der Waals surface area contributed by atoms with Crippen molar-refractivity contribution in [2.75, 3.05) is 19.6 Å². The van der Waals surface area contributed by atoms with Gasteiger partial charge in [-0.25, -0.2) is 0 Å². The molecule has 0 aromatic heterocycles. The third-order valence-electron chi connectivity index (χ3n) is 5.29. The first kappa shape index (κ1) is 16.3. The molecular formula is C18H36N2. The molecule has 0 amide bonds. The fourth-order valence-corrected chi connectivity index (χ4v) is 5.17. The summed E-state index contributed by atoms with van der Waals surface area (Å²) in [5, 5.41) is 0. The van der Waals surface area contributed by atoms with Gasteiger partial charge in [0.25, 0.3) is 0 Å². The maximum atomic E-state index is 6.37. The highest BCUT2D eigenvalue weighted by Gasteiger charge is 2.50. The van der Waals surface area contributed by atoms with Crippen LogP contribution in [0.4, 0.5) is 0 Å². The van der Waals surface area contributed by atoms with Gasteiger partial charge in [0.1, 0.15) is 0 Å². The SMILES string of the molecule is CCCN(CC1CC1)C1(CN)CC(C)(C)CC(C)(C)C1. The van der Waals surface area contributed by atoms with Crippen LogP contribution in [0.1, 0.15) is 73.1 Å². The molecule has 2 rings (SSSR count). The maximum Gasteiger partial charge on any atom is 0.0342 e. The van der Waals surface area contributed by atoms with E-state index in [0.29, 0.717) is 10.8 Å². The van der Waals surface area contributed by atoms with Gasteiger partial charge in [0.05, 0.1) is 0 Å². The lowest BCUT2D eigenvalue weighted by molar-refractivity contribution is -0.0457. The van der Waals surface area contributed by atoms with Crippen molar-refractivity contribution in [3.8, 4) is 0 Å². The summed E-state index contributed by atoms with van der Waals surface area (Å²) in [4.78, 5) is 2.79. The second-order valence-electron chi connectivity index (χ2n) is 9.18. The Hall–Kier alpha value is -0.0800. The van der Waals surface area contributed by atoms with Crippen LogP contribution in [-0.2, 0) is 0 Å². The molecule has 0 aromatic rings. The average molecular weight is 280 g/mol. The van der Waals surface area contributed by atoms with Crippen molar-refractivity contribution >= 4 is 0 Å². The number of rotatable bonds is 6. The monoisotopic (exact) mass is 280 g/mol. The van der Waals surface area contributed by atoms with E-state index in [0.717, 1.165) is 12.5 Å². The number of hydrogen-bond acceptors (Lipinski definition) is 2. The molecule has 0 bridgehead atoms. The van der Waals surface area contributed by atoms with Gasteiger partial charge in [-0.2, -0.15) is 0 Å². The molecule has 20 heavy (non-hydrogen) atoms. The van der Waals surface area contributed by atoms with E-state index in [1.165, 1.54) is 51.6 Å². The average Bonchev–Trinajstić information content (AvgIpc) is 3.08. The van der Waals surface area contributed by atoms with Crippen LogP contribution in [0.25, 0.3) is 0 Å². The van der Waals surface area contributed by atoms with Crippen LogP contribution in [0.3, 0.4) is 0 Å². The van der Waals surface area contributed by atoms with Gasteiger partial charge in [0.2, 0.25) is 0 Å². The van der Waals surface area contributed by atoms with Gasteiger partial charge in [-0.1, -0.05) is 34.6 Å². The zero-order valence-electron chi connectivity index (χ0n) is 14.5. The Morgan fingerprint density at radius 3 is 1.95 bits per heavy atom. The molecule has 118 valence electrons. The van der Waals surface area contributed by atoms with Crippen molar-refractivity contribution < 1.29 is 0 Å². The Kier molecular flexibility index (Phi) is 4.57. The maximum absolute atomic E-state index is 6.37. The van der Waals surface area contributed by atoms with Crippen molar-refractivity contribution in [3.63, 3.8) is 0 Å². The molecule has 0 saturated heterocycles. The lowest BCUT2D eigenvalue weighted by atomic mass is 9.58. The fourth-order valence-electron chi connectivity index (χ4n) is 5.17. The van der Waals surface area contributed by atoms with E-state index in [1.54, 1.807) is 0 Å². The van der Waals surface area contributed by atoms with Gasteiger partial charge in [-0.15, -0.1) is 0 Å². The Labute approximate surface area is 126 Å². The van der Waals surface area contributed by atoms with Crippen molar-refractivity contribution in [2.45, 2.75) is 78.7 Å². The van der Waals surface area contributed by atoms with E-state index in [1.807, 2.05) is 0 Å². The fraction of sp³-hybridized carbons (Fsp3) is 1.00. The molecule has 2 fully saturated rings. The molecule has 0 aliphatic heterocycles. The van der Waals surface area contributed by atoms with Crippen molar-refractivity contribution in [3.05, 3.63) is 0 Å². The zero-order valence-corrected chi connectivity index (χ0v) is 14.5. The van der Waals surface area contributed by atoms with Crippen molar-refractivity contribution in [2.24, 2.45) is 22.5 Å². The van der Waals surface area contributed by atoms with E-state index in [4.69, 9.17) is 5.73 Å². The molecule has 0 atom stereocenters. The summed E-state index contributed by atoms with van der Waals surface area (Å²) in [6.45, 7) is 15.4. The standard InChI is InChI=1S/C18H36N2/c1-6-9-20(10-15-7-8-15)18(14-19)12-16(2,3)11-17(4,5)13-18/h15H,6-14,19H2,1-5H3. The quantitative estimate of drug-likeness (QED) is 0.795. The van der Waals surface area contributed by atoms with E-state index < -0.39 is 0 Å². The third-order valence-corrected chi connectivity index (χ3v) is 5.29. The second-order valence-corrected chi connectivity index (χ2v) is 9.18. The lowest BCUT2D eigenvalue weighted by Crippen LogP contribution is -2.61. The Morgan fingerprint density at radius 1 is 1.00 bits per heavy atom. The van der Waals surface area contributed by atoms with Gasteiger partial charge < -0.3 is 5.73 Å². The topological polar surface area (TPSA) is 29.3 Å². The molecule has 0 unspecified atom stereocenters. The highest BCUT2D eigenvalue weighted by atomic mass is 15.2. The van der Waals surface area contributed by atoms with Crippen LogP contribution in [0.2, 0.25) is 0 Å². The van der Waals surface area contributed by atoms with Crippen LogP contribution in [0.15, 0.2) is 0 Å². The second kappa shape index (κ2) is 5.61.